The zero-order valence-corrected chi connectivity index (χ0v) is 20.1. The quantitative estimate of drug-likeness (QED) is 0.628. The number of amides is 1. The van der Waals surface area contributed by atoms with Crippen LogP contribution in [0.15, 0.2) is 29.3 Å². The largest absolute Gasteiger partial charge is 0.497 e. The van der Waals surface area contributed by atoms with Crippen LogP contribution in [0.25, 0.3) is 0 Å². The maximum absolute atomic E-state index is 13.3. The highest BCUT2D eigenvalue weighted by Crippen LogP contribution is 2.34. The van der Waals surface area contributed by atoms with Crippen LogP contribution in [-0.2, 0) is 4.79 Å². The molecular weight excluding hydrogens is 424 g/mol. The third-order valence-electron chi connectivity index (χ3n) is 6.65. The number of nitrogens with one attached hydrogen (secondary N) is 3. The van der Waals surface area contributed by atoms with E-state index in [9.17, 15) is 4.79 Å². The molecule has 0 bridgehead atoms. The van der Waals surface area contributed by atoms with E-state index in [0.29, 0.717) is 23.3 Å². The molecule has 4 unspecified atom stereocenters. The number of aliphatic imine (C=N–C) groups is 1. The lowest BCUT2D eigenvalue weighted by Crippen LogP contribution is -2.51. The topological polar surface area (TPSA) is 93.0 Å². The molecular formula is C23H34N6O2S. The number of likely N-dealkylation sites (tertiary alicyclic amines) is 1. The van der Waals surface area contributed by atoms with Crippen molar-refractivity contribution in [3.05, 3.63) is 24.3 Å². The third kappa shape index (κ3) is 4.51. The SMILES string of the molecule is CCC(SC1=NC2NNC(C)C2C(=N)N1c1ccc(OC)cc1)C(=O)N1CCC(C)CC1. The molecule has 3 aliphatic heterocycles. The number of carbonyl (C=O) groups is 1. The second kappa shape index (κ2) is 9.80. The van der Waals surface area contributed by atoms with E-state index >= 15 is 0 Å². The molecule has 3 N–H and O–H groups in total. The molecule has 174 valence electrons. The maximum atomic E-state index is 13.3. The van der Waals surface area contributed by atoms with Gasteiger partial charge in [0, 0.05) is 24.8 Å². The Kier molecular flexibility index (Phi) is 7.07. The number of ether oxygens (including phenoxy) is 1. The molecule has 0 aliphatic carbocycles. The Hall–Kier alpha value is -2.10. The standard InChI is InChI=1S/C23H34N6O2S/c1-5-18(22(30)28-12-10-14(2)11-13-28)32-23-25-21-19(15(3)26-27-21)20(24)29(23)16-6-8-17(31-4)9-7-16/h6-9,14-15,18-19,21,24,26-27H,5,10-13H2,1-4H3. The van der Waals surface area contributed by atoms with E-state index in [4.69, 9.17) is 15.1 Å². The van der Waals surface area contributed by atoms with Gasteiger partial charge in [-0.3, -0.25) is 20.5 Å². The number of anilines is 1. The number of fused-ring (bicyclic) bond motifs is 1. The van der Waals surface area contributed by atoms with Gasteiger partial charge in [-0.1, -0.05) is 25.6 Å². The minimum atomic E-state index is -0.223. The van der Waals surface area contributed by atoms with Gasteiger partial charge in [-0.25, -0.2) is 10.4 Å². The molecule has 3 aliphatic rings. The molecule has 1 aromatic carbocycles. The average Bonchev–Trinajstić information content (AvgIpc) is 3.18. The highest BCUT2D eigenvalue weighted by molar-refractivity contribution is 8.15. The third-order valence-corrected chi connectivity index (χ3v) is 7.97. The van der Waals surface area contributed by atoms with Gasteiger partial charge >= 0.3 is 0 Å². The minimum absolute atomic E-state index is 0.0826. The fourth-order valence-corrected chi connectivity index (χ4v) is 5.68. The first-order chi connectivity index (χ1) is 15.4. The molecule has 3 heterocycles. The summed E-state index contributed by atoms with van der Waals surface area (Å²) in [6.07, 6.45) is 2.63. The van der Waals surface area contributed by atoms with Gasteiger partial charge in [-0.15, -0.1) is 0 Å². The van der Waals surface area contributed by atoms with Crippen molar-refractivity contribution in [2.45, 2.75) is 57.5 Å². The molecule has 4 atom stereocenters. The lowest BCUT2D eigenvalue weighted by atomic mass is 9.97. The fraction of sp³-hybridized carbons (Fsp3) is 0.609. The van der Waals surface area contributed by atoms with Crippen LogP contribution in [0, 0.1) is 17.2 Å². The predicted octanol–water partition coefficient (Wildman–Crippen LogP) is 3.06. The molecule has 0 radical (unpaired) electrons. The van der Waals surface area contributed by atoms with Gasteiger partial charge in [0.15, 0.2) is 5.17 Å². The Bertz CT molecular complexity index is 868. The summed E-state index contributed by atoms with van der Waals surface area (Å²) in [6, 6.07) is 7.76. The van der Waals surface area contributed by atoms with E-state index in [1.54, 1.807) is 7.11 Å². The Labute approximate surface area is 194 Å². The van der Waals surface area contributed by atoms with Gasteiger partial charge in [0.25, 0.3) is 0 Å². The lowest BCUT2D eigenvalue weighted by molar-refractivity contribution is -0.131. The van der Waals surface area contributed by atoms with E-state index < -0.39 is 0 Å². The first-order valence-electron chi connectivity index (χ1n) is 11.5. The number of piperidine rings is 1. The molecule has 2 fully saturated rings. The van der Waals surface area contributed by atoms with Crippen molar-refractivity contribution in [1.82, 2.24) is 15.8 Å². The van der Waals surface area contributed by atoms with E-state index in [1.165, 1.54) is 11.8 Å². The van der Waals surface area contributed by atoms with Crippen LogP contribution in [0.2, 0.25) is 0 Å². The van der Waals surface area contributed by atoms with E-state index in [-0.39, 0.29) is 29.3 Å². The van der Waals surface area contributed by atoms with Crippen LogP contribution in [0.3, 0.4) is 0 Å². The van der Waals surface area contributed by atoms with Crippen LogP contribution in [0.1, 0.15) is 40.0 Å². The number of benzene rings is 1. The van der Waals surface area contributed by atoms with E-state index in [2.05, 4.69) is 31.6 Å². The Balaban J connectivity index is 1.61. The van der Waals surface area contributed by atoms with Gasteiger partial charge in [0.05, 0.1) is 18.3 Å². The molecule has 9 heteroatoms. The first kappa shape index (κ1) is 23.1. The molecule has 4 rings (SSSR count). The molecule has 0 saturated carbocycles. The number of thioether (sulfide) groups is 1. The Morgan fingerprint density at radius 2 is 1.94 bits per heavy atom. The number of hydrogen-bond donors (Lipinski definition) is 3. The van der Waals surface area contributed by atoms with Crippen LogP contribution in [0.4, 0.5) is 5.69 Å². The summed E-state index contributed by atoms with van der Waals surface area (Å²) in [5.41, 5.74) is 7.29. The number of hydrogen-bond acceptors (Lipinski definition) is 7. The zero-order chi connectivity index (χ0) is 22.8. The second-order valence-corrected chi connectivity index (χ2v) is 10.1. The van der Waals surface area contributed by atoms with Gasteiger partial charge in [0.1, 0.15) is 17.8 Å². The molecule has 8 nitrogen and oxygen atoms in total. The van der Waals surface area contributed by atoms with Crippen LogP contribution >= 0.6 is 11.8 Å². The smallest absolute Gasteiger partial charge is 0.236 e. The lowest BCUT2D eigenvalue weighted by Gasteiger charge is -2.38. The molecule has 1 aromatic rings. The van der Waals surface area contributed by atoms with Crippen LogP contribution in [-0.4, -0.2) is 59.5 Å². The maximum Gasteiger partial charge on any atom is 0.236 e. The summed E-state index contributed by atoms with van der Waals surface area (Å²) in [7, 11) is 1.64. The number of carbonyl (C=O) groups excluding carboxylic acids is 1. The van der Waals surface area contributed by atoms with Crippen molar-refractivity contribution in [1.29, 1.82) is 5.41 Å². The summed E-state index contributed by atoms with van der Waals surface area (Å²) >= 11 is 1.48. The highest BCUT2D eigenvalue weighted by atomic mass is 32.2. The first-order valence-corrected chi connectivity index (χ1v) is 12.4. The van der Waals surface area contributed by atoms with Gasteiger partial charge in [-0.2, -0.15) is 0 Å². The Morgan fingerprint density at radius 1 is 1.25 bits per heavy atom. The monoisotopic (exact) mass is 458 g/mol. The van der Waals surface area contributed by atoms with Crippen molar-refractivity contribution >= 4 is 34.4 Å². The van der Waals surface area contributed by atoms with E-state index in [0.717, 1.165) is 37.4 Å². The van der Waals surface area contributed by atoms with Crippen LogP contribution < -0.4 is 20.5 Å². The number of methoxy groups -OCH3 is 1. The van der Waals surface area contributed by atoms with Crippen molar-refractivity contribution in [3.8, 4) is 5.75 Å². The van der Waals surface area contributed by atoms with Crippen LogP contribution in [0.5, 0.6) is 5.75 Å². The second-order valence-electron chi connectivity index (χ2n) is 8.90. The summed E-state index contributed by atoms with van der Waals surface area (Å²) < 4.78 is 5.31. The summed E-state index contributed by atoms with van der Waals surface area (Å²) in [4.78, 5) is 22.2. The van der Waals surface area contributed by atoms with Crippen molar-refractivity contribution in [2.24, 2.45) is 16.8 Å². The normalized spacial score (nSPS) is 27.2. The average molecular weight is 459 g/mol. The molecule has 32 heavy (non-hydrogen) atoms. The number of amidine groups is 2. The zero-order valence-electron chi connectivity index (χ0n) is 19.3. The van der Waals surface area contributed by atoms with Crippen molar-refractivity contribution in [3.63, 3.8) is 0 Å². The number of rotatable bonds is 5. The predicted molar refractivity (Wildman–Crippen MR) is 130 cm³/mol. The number of hydrazine groups is 1. The molecule has 0 spiro atoms. The highest BCUT2D eigenvalue weighted by Gasteiger charge is 2.44. The summed E-state index contributed by atoms with van der Waals surface area (Å²) in [5.74, 6) is 2.03. The van der Waals surface area contributed by atoms with Crippen molar-refractivity contribution in [2.75, 3.05) is 25.1 Å². The summed E-state index contributed by atoms with van der Waals surface area (Å²) in [6.45, 7) is 8.02. The van der Waals surface area contributed by atoms with Crippen molar-refractivity contribution < 1.29 is 9.53 Å². The molecule has 2 saturated heterocycles. The van der Waals surface area contributed by atoms with Gasteiger partial charge in [-0.05, 0) is 56.4 Å². The van der Waals surface area contributed by atoms with Gasteiger partial charge in [0.2, 0.25) is 5.91 Å². The Morgan fingerprint density at radius 3 is 2.56 bits per heavy atom. The number of nitrogens with zero attached hydrogens (tertiary/aromatic N) is 3. The molecule has 0 aromatic heterocycles. The van der Waals surface area contributed by atoms with Gasteiger partial charge < -0.3 is 9.64 Å². The fourth-order valence-electron chi connectivity index (χ4n) is 4.53. The minimum Gasteiger partial charge on any atom is -0.497 e. The summed E-state index contributed by atoms with van der Waals surface area (Å²) in [5, 5.41) is 9.49. The van der Waals surface area contributed by atoms with E-state index in [1.807, 2.05) is 34.1 Å². The molecule has 1 amide bonds.